The normalized spacial score (nSPS) is 11.3. The van der Waals surface area contributed by atoms with Crippen LogP contribution in [0, 0.1) is 11.3 Å². The number of benzene rings is 2. The zero-order valence-corrected chi connectivity index (χ0v) is 13.7. The Labute approximate surface area is 145 Å². The molecule has 6 heteroatoms. The van der Waals surface area contributed by atoms with Crippen molar-refractivity contribution in [2.75, 3.05) is 20.3 Å². The summed E-state index contributed by atoms with van der Waals surface area (Å²) in [6, 6.07) is 15.1. The maximum atomic E-state index is 9.50. The summed E-state index contributed by atoms with van der Waals surface area (Å²) in [6.07, 6.45) is 1.73. The molecule has 0 radical (unpaired) electrons. The Kier molecular flexibility index (Phi) is 4.97. The fourth-order valence-electron chi connectivity index (χ4n) is 2.45. The number of ether oxygens (including phenoxy) is 2. The lowest BCUT2D eigenvalue weighted by Crippen LogP contribution is -2.03. The molecule has 0 saturated carbocycles. The fourth-order valence-corrected chi connectivity index (χ4v) is 2.45. The molecule has 0 aliphatic carbocycles. The molecule has 0 atom stereocenters. The van der Waals surface area contributed by atoms with Crippen molar-refractivity contribution in [3.05, 3.63) is 53.9 Å². The second-order valence-corrected chi connectivity index (χ2v) is 5.25. The first-order valence-electron chi connectivity index (χ1n) is 7.73. The van der Waals surface area contributed by atoms with Gasteiger partial charge in [-0.15, -0.1) is 0 Å². The predicted octanol–water partition coefficient (Wildman–Crippen LogP) is 3.01. The first kappa shape index (κ1) is 16.6. The maximum absolute atomic E-state index is 9.50. The molecule has 0 fully saturated rings. The molecular formula is C19H17N3O3. The third-order valence-corrected chi connectivity index (χ3v) is 3.61. The lowest BCUT2D eigenvalue weighted by Gasteiger charge is -2.10. The van der Waals surface area contributed by atoms with E-state index in [0.29, 0.717) is 22.9 Å². The second kappa shape index (κ2) is 7.51. The Hall–Kier alpha value is -3.30. The van der Waals surface area contributed by atoms with Gasteiger partial charge < -0.3 is 19.6 Å². The van der Waals surface area contributed by atoms with Crippen LogP contribution in [0.3, 0.4) is 0 Å². The van der Waals surface area contributed by atoms with Crippen LogP contribution >= 0.6 is 0 Å². The van der Waals surface area contributed by atoms with Gasteiger partial charge in [-0.05, 0) is 35.9 Å². The molecule has 0 unspecified atom stereocenters. The molecule has 0 bridgehead atoms. The van der Waals surface area contributed by atoms with E-state index >= 15 is 0 Å². The Morgan fingerprint density at radius 3 is 2.84 bits per heavy atom. The molecule has 126 valence electrons. The fraction of sp³-hybridized carbons (Fsp3) is 0.158. The standard InChI is InChI=1S/C19H17N3O3/c1-24-18-11-13(6-7-17(18)25-9-8-23)10-14(12-20)19-21-15-4-2-3-5-16(15)22-19/h2-7,10-11,23H,8-9H2,1H3,(H,21,22). The topological polar surface area (TPSA) is 91.2 Å². The number of aliphatic hydroxyl groups is 1. The number of para-hydroxylation sites is 2. The number of aromatic amines is 1. The van der Waals surface area contributed by atoms with E-state index in [1.54, 1.807) is 25.3 Å². The number of nitrogens with one attached hydrogen (secondary N) is 1. The van der Waals surface area contributed by atoms with Crippen LogP contribution in [-0.4, -0.2) is 35.4 Å². The van der Waals surface area contributed by atoms with Gasteiger partial charge in [0, 0.05) is 0 Å². The van der Waals surface area contributed by atoms with Crippen molar-refractivity contribution in [3.63, 3.8) is 0 Å². The van der Waals surface area contributed by atoms with E-state index in [1.165, 1.54) is 0 Å². The average molecular weight is 335 g/mol. The number of imidazole rings is 1. The molecule has 0 spiro atoms. The number of hydrogen-bond acceptors (Lipinski definition) is 5. The highest BCUT2D eigenvalue weighted by Gasteiger charge is 2.09. The number of H-pyrrole nitrogens is 1. The summed E-state index contributed by atoms with van der Waals surface area (Å²) in [6.45, 7) is 0.115. The van der Waals surface area contributed by atoms with E-state index in [9.17, 15) is 5.26 Å². The van der Waals surface area contributed by atoms with Crippen molar-refractivity contribution in [1.29, 1.82) is 5.26 Å². The zero-order chi connectivity index (χ0) is 17.6. The maximum Gasteiger partial charge on any atom is 0.161 e. The van der Waals surface area contributed by atoms with Gasteiger partial charge in [0.05, 0.1) is 30.3 Å². The summed E-state index contributed by atoms with van der Waals surface area (Å²) in [7, 11) is 1.54. The van der Waals surface area contributed by atoms with E-state index in [-0.39, 0.29) is 13.2 Å². The van der Waals surface area contributed by atoms with Crippen molar-refractivity contribution in [2.45, 2.75) is 0 Å². The van der Waals surface area contributed by atoms with Gasteiger partial charge in [0.15, 0.2) is 11.5 Å². The Balaban J connectivity index is 1.95. The van der Waals surface area contributed by atoms with Gasteiger partial charge in [-0.1, -0.05) is 18.2 Å². The smallest absolute Gasteiger partial charge is 0.161 e. The SMILES string of the molecule is COc1cc(C=C(C#N)c2nc3ccccc3[nH]2)ccc1OCCO. The van der Waals surface area contributed by atoms with Gasteiger partial charge in [0.25, 0.3) is 0 Å². The second-order valence-electron chi connectivity index (χ2n) is 5.25. The van der Waals surface area contributed by atoms with Crippen LogP contribution in [0.4, 0.5) is 0 Å². The van der Waals surface area contributed by atoms with Crippen molar-refractivity contribution in [2.24, 2.45) is 0 Å². The highest BCUT2D eigenvalue weighted by atomic mass is 16.5. The molecule has 0 saturated heterocycles. The third kappa shape index (κ3) is 3.62. The molecule has 1 aromatic heterocycles. The molecule has 3 rings (SSSR count). The summed E-state index contributed by atoms with van der Waals surface area (Å²) in [5.74, 6) is 1.59. The lowest BCUT2D eigenvalue weighted by atomic mass is 10.1. The van der Waals surface area contributed by atoms with E-state index in [4.69, 9.17) is 14.6 Å². The number of aliphatic hydroxyl groups excluding tert-OH is 1. The lowest BCUT2D eigenvalue weighted by molar-refractivity contribution is 0.196. The number of aromatic nitrogens is 2. The molecular weight excluding hydrogens is 318 g/mol. The van der Waals surface area contributed by atoms with E-state index in [2.05, 4.69) is 16.0 Å². The number of methoxy groups -OCH3 is 1. The van der Waals surface area contributed by atoms with Crippen molar-refractivity contribution < 1.29 is 14.6 Å². The van der Waals surface area contributed by atoms with E-state index in [1.807, 2.05) is 30.3 Å². The number of allylic oxidation sites excluding steroid dienone is 1. The van der Waals surface area contributed by atoms with Crippen LogP contribution < -0.4 is 9.47 Å². The van der Waals surface area contributed by atoms with E-state index < -0.39 is 0 Å². The van der Waals surface area contributed by atoms with Crippen LogP contribution in [-0.2, 0) is 0 Å². The first-order valence-corrected chi connectivity index (χ1v) is 7.73. The van der Waals surface area contributed by atoms with Gasteiger partial charge in [0.1, 0.15) is 18.5 Å². The molecule has 25 heavy (non-hydrogen) atoms. The van der Waals surface area contributed by atoms with Gasteiger partial charge in [-0.3, -0.25) is 0 Å². The summed E-state index contributed by atoms with van der Waals surface area (Å²) in [4.78, 5) is 7.60. The minimum absolute atomic E-state index is 0.0740. The van der Waals surface area contributed by atoms with Crippen LogP contribution in [0.15, 0.2) is 42.5 Å². The summed E-state index contributed by atoms with van der Waals surface area (Å²) in [5, 5.41) is 18.4. The number of fused-ring (bicyclic) bond motifs is 1. The monoisotopic (exact) mass is 335 g/mol. The highest BCUT2D eigenvalue weighted by Crippen LogP contribution is 2.29. The summed E-state index contributed by atoms with van der Waals surface area (Å²) < 4.78 is 10.7. The van der Waals surface area contributed by atoms with Crippen molar-refractivity contribution in [1.82, 2.24) is 9.97 Å². The predicted molar refractivity (Wildman–Crippen MR) is 95.2 cm³/mol. The number of nitriles is 1. The van der Waals surface area contributed by atoms with Crippen LogP contribution in [0.1, 0.15) is 11.4 Å². The Bertz CT molecular complexity index is 921. The number of rotatable bonds is 6. The molecule has 0 aliphatic heterocycles. The van der Waals surface area contributed by atoms with E-state index in [0.717, 1.165) is 16.6 Å². The number of hydrogen-bond donors (Lipinski definition) is 2. The first-order chi connectivity index (χ1) is 12.2. The van der Waals surface area contributed by atoms with Crippen molar-refractivity contribution in [3.8, 4) is 17.6 Å². The molecule has 3 aromatic rings. The van der Waals surface area contributed by atoms with Gasteiger partial charge >= 0.3 is 0 Å². The molecule has 6 nitrogen and oxygen atoms in total. The van der Waals surface area contributed by atoms with Crippen LogP contribution in [0.5, 0.6) is 11.5 Å². The molecule has 1 heterocycles. The largest absolute Gasteiger partial charge is 0.493 e. The quantitative estimate of drug-likeness (QED) is 0.676. The summed E-state index contributed by atoms with van der Waals surface area (Å²) in [5.41, 5.74) is 2.89. The molecule has 2 aromatic carbocycles. The number of nitrogens with zero attached hydrogens (tertiary/aromatic N) is 2. The molecule has 0 amide bonds. The molecule has 2 N–H and O–H groups in total. The van der Waals surface area contributed by atoms with Crippen LogP contribution in [0.2, 0.25) is 0 Å². The zero-order valence-electron chi connectivity index (χ0n) is 13.7. The van der Waals surface area contributed by atoms with Gasteiger partial charge in [0.2, 0.25) is 0 Å². The van der Waals surface area contributed by atoms with Gasteiger partial charge in [-0.25, -0.2) is 4.98 Å². The average Bonchev–Trinajstić information content (AvgIpc) is 3.08. The molecule has 0 aliphatic rings. The third-order valence-electron chi connectivity index (χ3n) is 3.61. The highest BCUT2D eigenvalue weighted by molar-refractivity contribution is 5.90. The Morgan fingerprint density at radius 2 is 2.12 bits per heavy atom. The van der Waals surface area contributed by atoms with Crippen LogP contribution in [0.25, 0.3) is 22.7 Å². The minimum atomic E-state index is -0.0740. The minimum Gasteiger partial charge on any atom is -0.493 e. The summed E-state index contributed by atoms with van der Waals surface area (Å²) >= 11 is 0. The van der Waals surface area contributed by atoms with Gasteiger partial charge in [-0.2, -0.15) is 5.26 Å². The Morgan fingerprint density at radius 1 is 1.28 bits per heavy atom. The van der Waals surface area contributed by atoms with Crippen molar-refractivity contribution >= 4 is 22.7 Å².